The highest BCUT2D eigenvalue weighted by atomic mass is 16.2. The summed E-state index contributed by atoms with van der Waals surface area (Å²) in [7, 11) is 3.48. The standard InChI is InChI=1S/C38H42N4O4/c1-41(33-15-9-7-10-16-33)37(45)29-21-25-31(26-22-29)39-35(43)19-13-5-3-4-6-14-20-36(44)40-32-27-23-30(24-28-32)38(46)42(2)34-17-11-8-12-18-34/h7-12,15-18,21-28H,3-6,13-14,19-20H2,1-2H3,(H,39,43)(H,40,44). The van der Waals surface area contributed by atoms with E-state index < -0.39 is 0 Å². The average Bonchev–Trinajstić information content (AvgIpc) is 3.09. The van der Waals surface area contributed by atoms with Crippen molar-refractivity contribution in [2.75, 3.05) is 34.5 Å². The summed E-state index contributed by atoms with van der Waals surface area (Å²) >= 11 is 0. The third-order valence-corrected chi connectivity index (χ3v) is 7.79. The molecule has 4 amide bonds. The van der Waals surface area contributed by atoms with Gasteiger partial charge in [-0.3, -0.25) is 19.2 Å². The summed E-state index contributed by atoms with van der Waals surface area (Å²) in [6.45, 7) is 0. The molecule has 2 N–H and O–H groups in total. The van der Waals surface area contributed by atoms with Crippen LogP contribution in [0.1, 0.15) is 72.1 Å². The Labute approximate surface area is 271 Å². The van der Waals surface area contributed by atoms with Crippen LogP contribution in [0.15, 0.2) is 109 Å². The number of amides is 4. The van der Waals surface area contributed by atoms with E-state index in [0.29, 0.717) is 35.3 Å². The maximum absolute atomic E-state index is 12.7. The van der Waals surface area contributed by atoms with Gasteiger partial charge in [-0.2, -0.15) is 0 Å². The van der Waals surface area contributed by atoms with Gasteiger partial charge in [0.25, 0.3) is 11.8 Å². The number of hydrogen-bond donors (Lipinski definition) is 2. The molecule has 0 aliphatic rings. The number of carbonyl (C=O) groups is 4. The van der Waals surface area contributed by atoms with Crippen molar-refractivity contribution in [1.82, 2.24) is 0 Å². The largest absolute Gasteiger partial charge is 0.326 e. The monoisotopic (exact) mass is 618 g/mol. The van der Waals surface area contributed by atoms with Gasteiger partial charge < -0.3 is 20.4 Å². The minimum Gasteiger partial charge on any atom is -0.326 e. The zero-order chi connectivity index (χ0) is 32.7. The molecule has 46 heavy (non-hydrogen) atoms. The summed E-state index contributed by atoms with van der Waals surface area (Å²) in [5, 5.41) is 5.81. The summed E-state index contributed by atoms with van der Waals surface area (Å²) in [6.07, 6.45) is 6.38. The third-order valence-electron chi connectivity index (χ3n) is 7.79. The van der Waals surface area contributed by atoms with E-state index in [1.165, 1.54) is 0 Å². The molecule has 0 aromatic heterocycles. The topological polar surface area (TPSA) is 98.8 Å². The van der Waals surface area contributed by atoms with Gasteiger partial charge in [-0.1, -0.05) is 62.1 Å². The SMILES string of the molecule is CN(C(=O)c1ccc(NC(=O)CCCCCCCCC(=O)Nc2ccc(C(=O)N(C)c3ccccc3)cc2)cc1)c1ccccc1. The van der Waals surface area contributed by atoms with Gasteiger partial charge in [-0.05, 0) is 85.6 Å². The van der Waals surface area contributed by atoms with Gasteiger partial charge >= 0.3 is 0 Å². The van der Waals surface area contributed by atoms with Gasteiger partial charge in [0, 0.05) is 60.8 Å². The van der Waals surface area contributed by atoms with Crippen molar-refractivity contribution in [2.24, 2.45) is 0 Å². The zero-order valence-corrected chi connectivity index (χ0v) is 26.6. The van der Waals surface area contributed by atoms with E-state index in [9.17, 15) is 19.2 Å². The Morgan fingerprint density at radius 1 is 0.457 bits per heavy atom. The first-order chi connectivity index (χ1) is 22.3. The van der Waals surface area contributed by atoms with Crippen LogP contribution in [0.25, 0.3) is 0 Å². The fourth-order valence-corrected chi connectivity index (χ4v) is 5.04. The molecule has 4 rings (SSSR count). The second kappa shape index (κ2) is 17.3. The minimum absolute atomic E-state index is 0.0437. The van der Waals surface area contributed by atoms with Gasteiger partial charge in [-0.25, -0.2) is 0 Å². The van der Waals surface area contributed by atoms with E-state index in [1.54, 1.807) is 72.4 Å². The van der Waals surface area contributed by atoms with Crippen molar-refractivity contribution in [1.29, 1.82) is 0 Å². The molecular formula is C38H42N4O4. The van der Waals surface area contributed by atoms with Gasteiger partial charge in [0.15, 0.2) is 0 Å². The van der Waals surface area contributed by atoms with Crippen molar-refractivity contribution in [3.05, 3.63) is 120 Å². The van der Waals surface area contributed by atoms with Gasteiger partial charge in [0.05, 0.1) is 0 Å². The molecule has 0 bridgehead atoms. The quantitative estimate of drug-likeness (QED) is 0.132. The summed E-state index contributed by atoms with van der Waals surface area (Å²) in [5.74, 6) is -0.316. The Kier molecular flexibility index (Phi) is 12.7. The number of carbonyl (C=O) groups excluding carboxylic acids is 4. The maximum Gasteiger partial charge on any atom is 0.258 e. The molecule has 238 valence electrons. The summed E-state index contributed by atoms with van der Waals surface area (Å²) < 4.78 is 0. The highest BCUT2D eigenvalue weighted by molar-refractivity contribution is 6.06. The van der Waals surface area contributed by atoms with E-state index in [1.807, 2.05) is 60.7 Å². The first kappa shape index (κ1) is 33.6. The molecular weight excluding hydrogens is 576 g/mol. The number of benzene rings is 4. The summed E-state index contributed by atoms with van der Waals surface area (Å²) in [5.41, 5.74) is 4.07. The fraction of sp³-hybridized carbons (Fsp3) is 0.263. The first-order valence-corrected chi connectivity index (χ1v) is 15.8. The number of nitrogens with zero attached hydrogens (tertiary/aromatic N) is 2. The molecule has 8 nitrogen and oxygen atoms in total. The minimum atomic E-state index is -0.114. The smallest absolute Gasteiger partial charge is 0.258 e. The summed E-state index contributed by atoms with van der Waals surface area (Å²) in [6, 6.07) is 32.8. The van der Waals surface area contributed by atoms with Crippen LogP contribution in [-0.2, 0) is 9.59 Å². The molecule has 0 saturated carbocycles. The normalized spacial score (nSPS) is 10.6. The van der Waals surface area contributed by atoms with Crippen LogP contribution in [-0.4, -0.2) is 37.7 Å². The predicted octanol–water partition coefficient (Wildman–Crippen LogP) is 7.94. The van der Waals surface area contributed by atoms with Crippen LogP contribution < -0.4 is 20.4 Å². The van der Waals surface area contributed by atoms with Crippen molar-refractivity contribution in [2.45, 2.75) is 51.4 Å². The predicted molar refractivity (Wildman–Crippen MR) is 185 cm³/mol. The van der Waals surface area contributed by atoms with Crippen LogP contribution in [0, 0.1) is 0 Å². The molecule has 0 radical (unpaired) electrons. The molecule has 8 heteroatoms. The fourth-order valence-electron chi connectivity index (χ4n) is 5.04. The van der Waals surface area contributed by atoms with Gasteiger partial charge in [-0.15, -0.1) is 0 Å². The number of para-hydroxylation sites is 2. The van der Waals surface area contributed by atoms with Gasteiger partial charge in [0.1, 0.15) is 0 Å². The molecule has 0 spiro atoms. The van der Waals surface area contributed by atoms with Crippen LogP contribution >= 0.6 is 0 Å². The lowest BCUT2D eigenvalue weighted by atomic mass is 10.1. The Bertz CT molecular complexity index is 1450. The Morgan fingerprint density at radius 3 is 1.13 bits per heavy atom. The summed E-state index contributed by atoms with van der Waals surface area (Å²) in [4.78, 5) is 53.4. The van der Waals surface area contributed by atoms with Crippen LogP contribution in [0.3, 0.4) is 0 Å². The second-order valence-corrected chi connectivity index (χ2v) is 11.3. The lowest BCUT2D eigenvalue weighted by molar-refractivity contribution is -0.117. The van der Waals surface area contributed by atoms with Gasteiger partial charge in [0.2, 0.25) is 11.8 Å². The number of nitrogens with one attached hydrogen (secondary N) is 2. The highest BCUT2D eigenvalue weighted by Crippen LogP contribution is 2.19. The van der Waals surface area contributed by atoms with E-state index in [2.05, 4.69) is 10.6 Å². The lowest BCUT2D eigenvalue weighted by Crippen LogP contribution is -2.26. The van der Waals surface area contributed by atoms with E-state index in [4.69, 9.17) is 0 Å². The van der Waals surface area contributed by atoms with E-state index in [0.717, 1.165) is 49.9 Å². The lowest BCUT2D eigenvalue weighted by Gasteiger charge is -2.17. The molecule has 0 aliphatic carbocycles. The third kappa shape index (κ3) is 10.2. The van der Waals surface area contributed by atoms with Crippen LogP contribution in [0.5, 0.6) is 0 Å². The Hall–Kier alpha value is -5.24. The molecule has 0 aliphatic heterocycles. The number of unbranched alkanes of at least 4 members (excludes halogenated alkanes) is 5. The number of hydrogen-bond acceptors (Lipinski definition) is 4. The molecule has 0 unspecified atom stereocenters. The second-order valence-electron chi connectivity index (χ2n) is 11.3. The van der Waals surface area contributed by atoms with Crippen LogP contribution in [0.4, 0.5) is 22.7 Å². The maximum atomic E-state index is 12.7. The Balaban J connectivity index is 1.05. The molecule has 0 saturated heterocycles. The number of anilines is 4. The molecule has 0 fully saturated rings. The van der Waals surface area contributed by atoms with Crippen molar-refractivity contribution in [3.8, 4) is 0 Å². The molecule has 0 atom stereocenters. The highest BCUT2D eigenvalue weighted by Gasteiger charge is 2.15. The van der Waals surface area contributed by atoms with E-state index in [-0.39, 0.29) is 23.6 Å². The zero-order valence-electron chi connectivity index (χ0n) is 26.6. The van der Waals surface area contributed by atoms with Crippen molar-refractivity contribution in [3.63, 3.8) is 0 Å². The van der Waals surface area contributed by atoms with E-state index >= 15 is 0 Å². The molecule has 4 aromatic rings. The van der Waals surface area contributed by atoms with Crippen molar-refractivity contribution >= 4 is 46.4 Å². The molecule has 4 aromatic carbocycles. The molecule has 0 heterocycles. The first-order valence-electron chi connectivity index (χ1n) is 15.8. The van der Waals surface area contributed by atoms with Crippen molar-refractivity contribution < 1.29 is 19.2 Å². The number of rotatable bonds is 15. The Morgan fingerprint density at radius 2 is 0.783 bits per heavy atom. The van der Waals surface area contributed by atoms with Crippen LogP contribution in [0.2, 0.25) is 0 Å². The average molecular weight is 619 g/mol.